The van der Waals surface area contributed by atoms with E-state index >= 15 is 0 Å². The molecule has 0 radical (unpaired) electrons. The van der Waals surface area contributed by atoms with Crippen molar-refractivity contribution in [3.63, 3.8) is 0 Å². The number of carbonyl (C=O) groups is 2. The van der Waals surface area contributed by atoms with Crippen molar-refractivity contribution in [1.82, 2.24) is 0 Å². The lowest BCUT2D eigenvalue weighted by Gasteiger charge is -2.43. The van der Waals surface area contributed by atoms with E-state index < -0.39 is 135 Å². The minimum Gasteiger partial charge on any atom is -0.472 e. The Bertz CT molecular complexity index is 1320. The lowest BCUT2D eigenvalue weighted by atomic mass is 9.81. The second kappa shape index (κ2) is 17.1. The number of carbonyl (C=O) groups excluding carboxylic acids is 2. The van der Waals surface area contributed by atoms with Gasteiger partial charge >= 0.3 is 11.9 Å². The summed E-state index contributed by atoms with van der Waals surface area (Å²) in [6, 6.07) is 0. The molecule has 0 bridgehead atoms. The van der Waals surface area contributed by atoms with Gasteiger partial charge in [0.1, 0.15) is 54.9 Å². The molecule has 1 saturated carbocycles. The zero-order valence-corrected chi connectivity index (χ0v) is 28.5. The first kappa shape index (κ1) is 40.4. The normalized spacial score (nSPS) is 44.7. The van der Waals surface area contributed by atoms with Crippen LogP contribution in [0.3, 0.4) is 0 Å². The van der Waals surface area contributed by atoms with Crippen LogP contribution in [0, 0.1) is 29.6 Å². The van der Waals surface area contributed by atoms with Gasteiger partial charge in [0.2, 0.25) is 12.6 Å². The highest BCUT2D eigenvalue weighted by Gasteiger charge is 2.55. The van der Waals surface area contributed by atoms with Gasteiger partial charge in [-0.05, 0) is 12.8 Å². The van der Waals surface area contributed by atoms with Gasteiger partial charge in [-0.1, -0.05) is 13.0 Å². The predicted molar refractivity (Wildman–Crippen MR) is 167 cm³/mol. The van der Waals surface area contributed by atoms with Crippen LogP contribution in [0.15, 0.2) is 36.3 Å². The van der Waals surface area contributed by atoms with E-state index in [0.717, 1.165) is 12.5 Å². The highest BCUT2D eigenvalue weighted by Crippen LogP contribution is 2.49. The van der Waals surface area contributed by atoms with Crippen molar-refractivity contribution in [1.29, 1.82) is 0 Å². The molecule has 0 spiro atoms. The second-order valence-electron chi connectivity index (χ2n) is 13.5. The van der Waals surface area contributed by atoms with Crippen molar-refractivity contribution < 1.29 is 93.4 Å². The van der Waals surface area contributed by atoms with Crippen molar-refractivity contribution in [2.45, 2.75) is 99.9 Å². The lowest BCUT2D eigenvalue weighted by molar-refractivity contribution is -0.342. The molecule has 4 aliphatic heterocycles. The highest BCUT2D eigenvalue weighted by molar-refractivity contribution is 5.90. The van der Waals surface area contributed by atoms with Crippen LogP contribution in [0.5, 0.6) is 0 Å². The fourth-order valence-corrected chi connectivity index (χ4v) is 7.55. The molecular weight excluding hydrogens is 700 g/mol. The molecule has 1 aliphatic carbocycles. The molecule has 0 aromatic rings. The molecule has 294 valence electrons. The van der Waals surface area contributed by atoms with Crippen molar-refractivity contribution in [2.24, 2.45) is 29.6 Å². The molecule has 0 aromatic carbocycles. The average molecular weight is 749 g/mol. The van der Waals surface area contributed by atoms with Gasteiger partial charge < -0.3 is 83.9 Å². The maximum Gasteiger partial charge on any atom is 0.337 e. The largest absolute Gasteiger partial charge is 0.472 e. The Hall–Kier alpha value is -2.76. The van der Waals surface area contributed by atoms with E-state index in [1.165, 1.54) is 13.2 Å². The number of aliphatic hydroxyl groups is 9. The SMILES string of the molecule is C=CC1C(CCO)C(C(=O)OC2C[C@H]3C(C(=O)OC)=CO[C@@H](O[C@@H]4O[C@H](CO)[C@@H](O)[C@H](O)[C@H]4O)[C@H]3[C@@H]2C)=CO[C@H]1O[C@@H]1O[C@H](CO)[C@@H](O)[C@H](O)[C@H]1O. The van der Waals surface area contributed by atoms with Gasteiger partial charge in [-0.25, -0.2) is 9.59 Å². The van der Waals surface area contributed by atoms with Crippen molar-refractivity contribution >= 4 is 11.9 Å². The van der Waals surface area contributed by atoms with Crippen molar-refractivity contribution in [3.8, 4) is 0 Å². The first-order chi connectivity index (χ1) is 24.8. The number of methoxy groups -OCH3 is 1. The van der Waals surface area contributed by atoms with Crippen LogP contribution in [-0.2, 0) is 47.5 Å². The fraction of sp³-hybridized carbons (Fsp3) is 0.758. The van der Waals surface area contributed by atoms with Crippen LogP contribution >= 0.6 is 0 Å². The summed E-state index contributed by atoms with van der Waals surface area (Å²) in [5.41, 5.74) is 0.133. The molecule has 0 amide bonds. The monoisotopic (exact) mass is 748 g/mol. The van der Waals surface area contributed by atoms with Crippen LogP contribution in [0.2, 0.25) is 0 Å². The predicted octanol–water partition coefficient (Wildman–Crippen LogP) is -3.74. The van der Waals surface area contributed by atoms with Gasteiger partial charge in [-0.15, -0.1) is 6.58 Å². The van der Waals surface area contributed by atoms with E-state index in [1.807, 2.05) is 0 Å². The first-order valence-corrected chi connectivity index (χ1v) is 17.0. The maximum atomic E-state index is 13.8. The quantitative estimate of drug-likeness (QED) is 0.0684. The third-order valence-corrected chi connectivity index (χ3v) is 10.6. The van der Waals surface area contributed by atoms with Gasteiger partial charge in [0.15, 0.2) is 12.6 Å². The van der Waals surface area contributed by atoms with Gasteiger partial charge in [0.25, 0.3) is 0 Å². The minimum atomic E-state index is -1.73. The molecule has 5 aliphatic rings. The number of rotatable bonds is 12. The number of esters is 2. The fourth-order valence-electron chi connectivity index (χ4n) is 7.55. The Balaban J connectivity index is 1.33. The van der Waals surface area contributed by atoms with Crippen LogP contribution in [0.4, 0.5) is 0 Å². The number of aliphatic hydroxyl groups excluding tert-OH is 9. The third kappa shape index (κ3) is 7.74. The molecule has 5 rings (SSSR count). The number of hydrogen-bond donors (Lipinski definition) is 9. The molecular formula is C33H48O19. The van der Waals surface area contributed by atoms with Crippen molar-refractivity contribution in [3.05, 3.63) is 36.3 Å². The minimum absolute atomic E-state index is 0.00350. The Kier molecular flexibility index (Phi) is 13.3. The smallest absolute Gasteiger partial charge is 0.337 e. The Morgan fingerprint density at radius 3 is 1.85 bits per heavy atom. The van der Waals surface area contributed by atoms with Crippen LogP contribution in [-0.4, -0.2) is 165 Å². The van der Waals surface area contributed by atoms with Gasteiger partial charge in [0, 0.05) is 36.2 Å². The van der Waals surface area contributed by atoms with Crippen LogP contribution in [0.25, 0.3) is 0 Å². The first-order valence-electron chi connectivity index (χ1n) is 17.0. The van der Waals surface area contributed by atoms with E-state index in [2.05, 4.69) is 6.58 Å². The lowest BCUT2D eigenvalue weighted by Crippen LogP contribution is -2.60. The molecule has 4 heterocycles. The zero-order valence-electron chi connectivity index (χ0n) is 28.5. The molecule has 9 N–H and O–H groups in total. The van der Waals surface area contributed by atoms with Crippen molar-refractivity contribution in [2.75, 3.05) is 26.9 Å². The van der Waals surface area contributed by atoms with Gasteiger partial charge in [-0.3, -0.25) is 0 Å². The van der Waals surface area contributed by atoms with E-state index in [9.17, 15) is 55.5 Å². The summed E-state index contributed by atoms with van der Waals surface area (Å²) in [7, 11) is 1.19. The molecule has 2 saturated heterocycles. The topological polar surface area (TPSA) is 290 Å². The second-order valence-corrected chi connectivity index (χ2v) is 13.5. The number of fused-ring (bicyclic) bond motifs is 1. The molecule has 19 nitrogen and oxygen atoms in total. The summed E-state index contributed by atoms with van der Waals surface area (Å²) in [4.78, 5) is 26.6. The van der Waals surface area contributed by atoms with E-state index in [0.29, 0.717) is 0 Å². The molecule has 3 unspecified atom stereocenters. The summed E-state index contributed by atoms with van der Waals surface area (Å²) in [5, 5.41) is 90.8. The van der Waals surface area contributed by atoms with Crippen LogP contribution in [0.1, 0.15) is 19.8 Å². The van der Waals surface area contributed by atoms with E-state index in [1.54, 1.807) is 6.92 Å². The van der Waals surface area contributed by atoms with Crippen LogP contribution < -0.4 is 0 Å². The van der Waals surface area contributed by atoms with Gasteiger partial charge in [-0.2, -0.15) is 0 Å². The molecule has 0 aromatic heterocycles. The Labute approximate surface area is 298 Å². The summed E-state index contributed by atoms with van der Waals surface area (Å²) < 4.78 is 45.1. The third-order valence-electron chi connectivity index (χ3n) is 10.6. The average Bonchev–Trinajstić information content (AvgIpc) is 3.47. The number of ether oxygens (including phenoxy) is 8. The number of hydrogen-bond acceptors (Lipinski definition) is 19. The van der Waals surface area contributed by atoms with Gasteiger partial charge in [0.05, 0.1) is 44.0 Å². The molecule has 19 heteroatoms. The molecule has 18 atom stereocenters. The van der Waals surface area contributed by atoms with E-state index in [4.69, 9.17) is 37.9 Å². The summed E-state index contributed by atoms with van der Waals surface area (Å²) in [5.74, 6) is -5.09. The summed E-state index contributed by atoms with van der Waals surface area (Å²) in [6.45, 7) is 3.78. The standard InChI is InChI=1S/C33H48O19/c1-4-13-14(5-6-34)16(10-46-30(13)51-32-26(41)24(39)22(37)19(8-35)49-32)29(44)48-18-7-15-17(28(43)45-3)11-47-31(21(15)12(18)2)52-33-27(42)25(40)23(38)20(9-36)50-33/h4,10-15,18-27,30-42H,1,5-9H2,2-3H3/t12-,13?,14?,15+,18?,19-,20-,21+,22-,23-,24+,25+,26-,27-,30+,31+,32+,33+/m1/s1. The Morgan fingerprint density at radius 1 is 0.788 bits per heavy atom. The molecule has 3 fully saturated rings. The molecule has 52 heavy (non-hydrogen) atoms. The van der Waals surface area contributed by atoms with E-state index in [-0.39, 0.29) is 30.6 Å². The summed E-state index contributed by atoms with van der Waals surface area (Å²) >= 11 is 0. The zero-order chi connectivity index (χ0) is 38.0. The maximum absolute atomic E-state index is 13.8. The summed E-state index contributed by atoms with van der Waals surface area (Å²) in [6.07, 6.45) is -15.3. The Morgan fingerprint density at radius 2 is 1.33 bits per heavy atom. The highest BCUT2D eigenvalue weighted by atomic mass is 16.8.